The van der Waals surface area contributed by atoms with Crippen LogP contribution in [0.2, 0.25) is 5.02 Å². The van der Waals surface area contributed by atoms with Crippen LogP contribution in [0.15, 0.2) is 42.5 Å². The van der Waals surface area contributed by atoms with Gasteiger partial charge in [-0.1, -0.05) is 23.7 Å². The van der Waals surface area contributed by atoms with Gasteiger partial charge in [0.1, 0.15) is 17.2 Å². The number of benzene rings is 2. The van der Waals surface area contributed by atoms with Crippen LogP contribution in [-0.4, -0.2) is 26.7 Å². The van der Waals surface area contributed by atoms with Gasteiger partial charge in [0.05, 0.1) is 24.9 Å². The van der Waals surface area contributed by atoms with Crippen LogP contribution in [0.5, 0.6) is 17.2 Å². The molecule has 2 aromatic rings. The summed E-state index contributed by atoms with van der Waals surface area (Å²) in [6.07, 6.45) is 2.82. The van der Waals surface area contributed by atoms with E-state index in [1.165, 1.54) is 44.6 Å². The molecule has 2 aromatic carbocycles. The van der Waals surface area contributed by atoms with Crippen molar-refractivity contribution < 1.29 is 27.8 Å². The van der Waals surface area contributed by atoms with Gasteiger partial charge in [-0.25, -0.2) is 0 Å². The first-order valence-corrected chi connectivity index (χ1v) is 7.76. The fourth-order valence-electron chi connectivity index (χ4n) is 2.06. The summed E-state index contributed by atoms with van der Waals surface area (Å²) < 4.78 is 38.8. The number of rotatable bonds is 7. The van der Waals surface area contributed by atoms with E-state index in [2.05, 4.69) is 10.1 Å². The first kappa shape index (κ1) is 19.5. The van der Waals surface area contributed by atoms with Crippen molar-refractivity contribution in [3.8, 4) is 17.2 Å². The van der Waals surface area contributed by atoms with E-state index in [0.717, 1.165) is 0 Å². The molecule has 0 aliphatic heterocycles. The molecule has 0 radical (unpaired) electrons. The molecule has 0 atom stereocenters. The van der Waals surface area contributed by atoms with Gasteiger partial charge in [-0.05, 0) is 29.8 Å². The zero-order valence-electron chi connectivity index (χ0n) is 14.0. The Morgan fingerprint density at radius 3 is 2.35 bits per heavy atom. The van der Waals surface area contributed by atoms with Crippen molar-refractivity contribution in [2.45, 2.75) is 6.61 Å². The number of carbonyl (C=O) groups is 1. The molecule has 0 heterocycles. The Kier molecular flexibility index (Phi) is 6.80. The molecule has 0 saturated carbocycles. The van der Waals surface area contributed by atoms with Crippen LogP contribution in [0, 0.1) is 0 Å². The highest BCUT2D eigenvalue weighted by molar-refractivity contribution is 6.32. The lowest BCUT2D eigenvalue weighted by Gasteiger charge is -2.12. The Balaban J connectivity index is 2.06. The molecule has 2 rings (SSSR count). The van der Waals surface area contributed by atoms with E-state index >= 15 is 0 Å². The maximum atomic E-state index is 12.1. The number of methoxy groups -OCH3 is 2. The van der Waals surface area contributed by atoms with E-state index < -0.39 is 12.5 Å². The largest absolute Gasteiger partial charge is 0.495 e. The smallest absolute Gasteiger partial charge is 0.387 e. The predicted molar refractivity (Wildman–Crippen MR) is 95.3 cm³/mol. The van der Waals surface area contributed by atoms with Crippen LogP contribution in [0.25, 0.3) is 6.08 Å². The molecule has 0 aliphatic rings. The lowest BCUT2D eigenvalue weighted by Crippen LogP contribution is -2.09. The fourth-order valence-corrected chi connectivity index (χ4v) is 2.31. The number of alkyl halides is 2. The van der Waals surface area contributed by atoms with E-state index in [1.807, 2.05) is 0 Å². The third kappa shape index (κ3) is 5.35. The van der Waals surface area contributed by atoms with Crippen molar-refractivity contribution in [3.05, 3.63) is 53.1 Å². The van der Waals surface area contributed by atoms with Crippen molar-refractivity contribution in [1.29, 1.82) is 0 Å². The SMILES string of the molecule is COc1cc(OC)c(NC(=O)/C=C/c2ccc(OC(F)F)cc2)cc1Cl. The van der Waals surface area contributed by atoms with Crippen molar-refractivity contribution >= 4 is 29.3 Å². The average Bonchev–Trinajstić information content (AvgIpc) is 2.61. The predicted octanol–water partition coefficient (Wildman–Crippen LogP) is 4.61. The summed E-state index contributed by atoms with van der Waals surface area (Å²) in [6.45, 7) is -2.88. The molecule has 0 unspecified atom stereocenters. The molecule has 1 amide bonds. The van der Waals surface area contributed by atoms with Gasteiger partial charge < -0.3 is 19.5 Å². The van der Waals surface area contributed by atoms with E-state index in [4.69, 9.17) is 21.1 Å². The van der Waals surface area contributed by atoms with Gasteiger partial charge in [0.2, 0.25) is 5.91 Å². The highest BCUT2D eigenvalue weighted by Gasteiger charge is 2.11. The van der Waals surface area contributed by atoms with Crippen LogP contribution >= 0.6 is 11.6 Å². The quantitative estimate of drug-likeness (QED) is 0.709. The standard InChI is InChI=1S/C18H16ClF2NO4/c1-24-15-10-16(25-2)14(9-13(15)19)22-17(23)8-5-11-3-6-12(7-4-11)26-18(20)21/h3-10,18H,1-2H3,(H,22,23)/b8-5+. The number of nitrogens with one attached hydrogen (secondary N) is 1. The summed E-state index contributed by atoms with van der Waals surface area (Å²) in [5, 5.41) is 2.97. The zero-order valence-corrected chi connectivity index (χ0v) is 14.7. The van der Waals surface area contributed by atoms with E-state index in [9.17, 15) is 13.6 Å². The molecule has 0 bridgehead atoms. The van der Waals surface area contributed by atoms with Crippen molar-refractivity contribution in [1.82, 2.24) is 0 Å². The minimum Gasteiger partial charge on any atom is -0.495 e. The molecule has 0 saturated heterocycles. The molecule has 0 spiro atoms. The maximum Gasteiger partial charge on any atom is 0.387 e. The Hall–Kier alpha value is -2.80. The molecule has 8 heteroatoms. The number of halogens is 3. The Morgan fingerprint density at radius 1 is 1.12 bits per heavy atom. The molecule has 5 nitrogen and oxygen atoms in total. The Labute approximate surface area is 154 Å². The van der Waals surface area contributed by atoms with Crippen molar-refractivity contribution in [2.24, 2.45) is 0 Å². The van der Waals surface area contributed by atoms with Crippen molar-refractivity contribution in [3.63, 3.8) is 0 Å². The third-order valence-corrected chi connectivity index (χ3v) is 3.56. The number of carbonyl (C=O) groups excluding carboxylic acids is 1. The lowest BCUT2D eigenvalue weighted by molar-refractivity contribution is -0.111. The van der Waals surface area contributed by atoms with Crippen LogP contribution in [0.1, 0.15) is 5.56 Å². The topological polar surface area (TPSA) is 56.8 Å². The van der Waals surface area contributed by atoms with Gasteiger partial charge in [-0.3, -0.25) is 4.79 Å². The van der Waals surface area contributed by atoms with Crippen LogP contribution < -0.4 is 19.5 Å². The molecule has 0 aliphatic carbocycles. The second-order valence-electron chi connectivity index (χ2n) is 4.96. The number of hydrogen-bond donors (Lipinski definition) is 1. The van der Waals surface area contributed by atoms with Gasteiger partial charge in [0.15, 0.2) is 0 Å². The molecule has 26 heavy (non-hydrogen) atoms. The summed E-state index contributed by atoms with van der Waals surface area (Å²) in [6, 6.07) is 8.94. The normalized spacial score (nSPS) is 10.8. The van der Waals surface area contributed by atoms with Gasteiger partial charge in [-0.15, -0.1) is 0 Å². The average molecular weight is 384 g/mol. The van der Waals surface area contributed by atoms with E-state index in [-0.39, 0.29) is 5.75 Å². The molecule has 138 valence electrons. The summed E-state index contributed by atoms with van der Waals surface area (Å²) in [5.74, 6) is 0.432. The summed E-state index contributed by atoms with van der Waals surface area (Å²) >= 11 is 6.05. The molecule has 1 N–H and O–H groups in total. The molecular formula is C18H16ClF2NO4. The lowest BCUT2D eigenvalue weighted by atomic mass is 10.2. The zero-order chi connectivity index (χ0) is 19.1. The minimum absolute atomic E-state index is 0.0409. The summed E-state index contributed by atoms with van der Waals surface area (Å²) in [4.78, 5) is 12.1. The second kappa shape index (κ2) is 9.05. The van der Waals surface area contributed by atoms with Gasteiger partial charge in [-0.2, -0.15) is 8.78 Å². The van der Waals surface area contributed by atoms with Crippen molar-refractivity contribution in [2.75, 3.05) is 19.5 Å². The first-order valence-electron chi connectivity index (χ1n) is 7.38. The number of anilines is 1. The highest BCUT2D eigenvalue weighted by atomic mass is 35.5. The monoisotopic (exact) mass is 383 g/mol. The molecule has 0 aromatic heterocycles. The summed E-state index contributed by atoms with van der Waals surface area (Å²) in [5.41, 5.74) is 1.02. The van der Waals surface area contributed by atoms with Crippen LogP contribution in [-0.2, 0) is 4.79 Å². The number of hydrogen-bond acceptors (Lipinski definition) is 4. The van der Waals surface area contributed by atoms with Crippen LogP contribution in [0.4, 0.5) is 14.5 Å². The van der Waals surface area contributed by atoms with Gasteiger partial charge in [0, 0.05) is 12.1 Å². The van der Waals surface area contributed by atoms with Gasteiger partial charge in [0.25, 0.3) is 0 Å². The molecular weight excluding hydrogens is 368 g/mol. The number of amides is 1. The highest BCUT2D eigenvalue weighted by Crippen LogP contribution is 2.35. The Morgan fingerprint density at radius 2 is 1.77 bits per heavy atom. The molecule has 0 fully saturated rings. The van der Waals surface area contributed by atoms with Gasteiger partial charge >= 0.3 is 6.61 Å². The maximum absolute atomic E-state index is 12.1. The van der Waals surface area contributed by atoms with E-state index in [0.29, 0.717) is 27.8 Å². The third-order valence-electron chi connectivity index (χ3n) is 3.26. The minimum atomic E-state index is -2.88. The Bertz CT molecular complexity index is 795. The summed E-state index contributed by atoms with van der Waals surface area (Å²) in [7, 11) is 2.93. The second-order valence-corrected chi connectivity index (χ2v) is 5.36. The van der Waals surface area contributed by atoms with E-state index in [1.54, 1.807) is 18.2 Å². The fraction of sp³-hybridized carbons (Fsp3) is 0.167. The number of ether oxygens (including phenoxy) is 3. The van der Waals surface area contributed by atoms with Crippen LogP contribution in [0.3, 0.4) is 0 Å². The first-order chi connectivity index (χ1) is 12.4.